The van der Waals surface area contributed by atoms with Crippen LogP contribution in [0.1, 0.15) is 40.5 Å². The number of hydrogen-bond acceptors (Lipinski definition) is 3. The first-order valence-corrected chi connectivity index (χ1v) is 6.67. The largest absolute Gasteiger partial charge is 0.480 e. The number of carboxylic acids is 1. The van der Waals surface area contributed by atoms with Crippen LogP contribution in [0.3, 0.4) is 0 Å². The van der Waals surface area contributed by atoms with Crippen LogP contribution in [-0.4, -0.2) is 47.2 Å². The second kappa shape index (κ2) is 5.83. The third kappa shape index (κ3) is 3.68. The molecule has 2 N–H and O–H groups in total. The Labute approximate surface area is 104 Å². The molecule has 4 heteroatoms. The summed E-state index contributed by atoms with van der Waals surface area (Å²) in [5.41, 5.74) is -0.743. The fourth-order valence-electron chi connectivity index (χ4n) is 2.44. The van der Waals surface area contributed by atoms with Gasteiger partial charge in [-0.3, -0.25) is 10.1 Å². The van der Waals surface area contributed by atoms with Crippen molar-refractivity contribution in [3.05, 3.63) is 0 Å². The van der Waals surface area contributed by atoms with Crippen molar-refractivity contribution in [2.24, 2.45) is 5.92 Å². The topological polar surface area (TPSA) is 52.6 Å². The van der Waals surface area contributed by atoms with Crippen molar-refractivity contribution in [3.8, 4) is 0 Å². The zero-order chi connectivity index (χ0) is 13.1. The predicted octanol–water partition coefficient (Wildman–Crippen LogP) is 1.56. The summed E-state index contributed by atoms with van der Waals surface area (Å²) < 4.78 is 0. The fraction of sp³-hybridized carbons (Fsp3) is 0.923. The van der Waals surface area contributed by atoms with Crippen molar-refractivity contribution in [1.29, 1.82) is 0 Å². The van der Waals surface area contributed by atoms with Crippen LogP contribution >= 0.6 is 0 Å². The molecule has 0 aromatic carbocycles. The lowest BCUT2D eigenvalue weighted by Gasteiger charge is -2.32. The maximum absolute atomic E-state index is 11.4. The van der Waals surface area contributed by atoms with Gasteiger partial charge in [0.1, 0.15) is 5.54 Å². The monoisotopic (exact) mass is 242 g/mol. The van der Waals surface area contributed by atoms with Crippen molar-refractivity contribution in [3.63, 3.8) is 0 Å². The van der Waals surface area contributed by atoms with E-state index in [1.807, 2.05) is 6.92 Å². The van der Waals surface area contributed by atoms with Crippen LogP contribution in [0.4, 0.5) is 0 Å². The molecule has 2 unspecified atom stereocenters. The number of carbonyl (C=O) groups is 1. The Hall–Kier alpha value is -0.610. The van der Waals surface area contributed by atoms with Crippen LogP contribution in [0.15, 0.2) is 0 Å². The van der Waals surface area contributed by atoms with E-state index in [0.717, 1.165) is 32.5 Å². The van der Waals surface area contributed by atoms with E-state index in [4.69, 9.17) is 0 Å². The molecule has 100 valence electrons. The number of aliphatic carboxylic acids is 1. The highest BCUT2D eigenvalue weighted by Crippen LogP contribution is 2.39. The van der Waals surface area contributed by atoms with Gasteiger partial charge in [0.2, 0.25) is 0 Å². The van der Waals surface area contributed by atoms with Crippen molar-refractivity contribution >= 4 is 5.97 Å². The summed E-state index contributed by atoms with van der Waals surface area (Å²) in [4.78, 5) is 13.7. The molecule has 0 amide bonds. The molecule has 2 atom stereocenters. The zero-order valence-electron chi connectivity index (χ0n) is 11.5. The molecule has 0 aliphatic heterocycles. The molecular formula is C13H26N2O2. The highest BCUT2D eigenvalue weighted by atomic mass is 16.4. The number of likely N-dealkylation sites (N-methyl/N-ethyl adjacent to an activating group) is 1. The summed E-state index contributed by atoms with van der Waals surface area (Å²) in [6.45, 7) is 11.1. The van der Waals surface area contributed by atoms with Crippen molar-refractivity contribution < 1.29 is 9.90 Å². The lowest BCUT2D eigenvalue weighted by molar-refractivity contribution is -0.145. The van der Waals surface area contributed by atoms with E-state index < -0.39 is 11.5 Å². The fourth-order valence-corrected chi connectivity index (χ4v) is 2.44. The van der Waals surface area contributed by atoms with Gasteiger partial charge in [0.25, 0.3) is 0 Å². The van der Waals surface area contributed by atoms with E-state index in [1.54, 1.807) is 0 Å². The van der Waals surface area contributed by atoms with E-state index in [2.05, 4.69) is 31.0 Å². The third-order valence-corrected chi connectivity index (χ3v) is 3.81. The molecule has 0 aromatic heterocycles. The van der Waals surface area contributed by atoms with Gasteiger partial charge >= 0.3 is 5.97 Å². The molecule has 1 rings (SSSR count). The predicted molar refractivity (Wildman–Crippen MR) is 69.2 cm³/mol. The van der Waals surface area contributed by atoms with Crippen molar-refractivity contribution in [2.45, 2.75) is 52.1 Å². The maximum Gasteiger partial charge on any atom is 0.323 e. The molecule has 0 aromatic rings. The minimum atomic E-state index is -0.743. The molecule has 0 saturated heterocycles. The molecule has 0 spiro atoms. The second-order valence-electron chi connectivity index (χ2n) is 5.31. The summed E-state index contributed by atoms with van der Waals surface area (Å²) in [5, 5.41) is 12.7. The summed E-state index contributed by atoms with van der Waals surface area (Å²) >= 11 is 0. The number of carboxylic acid groups (broad SMARTS) is 1. The Morgan fingerprint density at radius 1 is 1.47 bits per heavy atom. The Morgan fingerprint density at radius 3 is 2.35 bits per heavy atom. The normalized spacial score (nSPS) is 21.2. The van der Waals surface area contributed by atoms with Gasteiger partial charge in [0.05, 0.1) is 0 Å². The highest BCUT2D eigenvalue weighted by Gasteiger charge is 2.47. The molecule has 17 heavy (non-hydrogen) atoms. The van der Waals surface area contributed by atoms with Crippen LogP contribution in [0.2, 0.25) is 0 Å². The molecule has 0 radical (unpaired) electrons. The minimum absolute atomic E-state index is 0.205. The molecule has 0 bridgehead atoms. The van der Waals surface area contributed by atoms with Crippen molar-refractivity contribution in [1.82, 2.24) is 10.2 Å². The lowest BCUT2D eigenvalue weighted by Crippen LogP contribution is -2.57. The Kier molecular flexibility index (Phi) is 4.95. The van der Waals surface area contributed by atoms with Crippen LogP contribution in [0, 0.1) is 5.92 Å². The minimum Gasteiger partial charge on any atom is -0.480 e. The third-order valence-electron chi connectivity index (χ3n) is 3.81. The molecule has 1 saturated carbocycles. The van der Waals surface area contributed by atoms with Crippen LogP contribution < -0.4 is 5.32 Å². The van der Waals surface area contributed by atoms with E-state index >= 15 is 0 Å². The average molecular weight is 242 g/mol. The standard InChI is InChI=1S/C13H26N2O2/c1-5-15(6-2)9-10(3)14-13(4,12(16)17)11-7-8-11/h10-11,14H,5-9H2,1-4H3,(H,16,17). The van der Waals surface area contributed by atoms with E-state index in [0.29, 0.717) is 5.92 Å². The van der Waals surface area contributed by atoms with Gasteiger partial charge in [-0.05, 0) is 45.7 Å². The number of rotatable bonds is 8. The van der Waals surface area contributed by atoms with Crippen LogP contribution in [0.25, 0.3) is 0 Å². The number of nitrogens with one attached hydrogen (secondary N) is 1. The molecule has 0 heterocycles. The van der Waals surface area contributed by atoms with Gasteiger partial charge in [-0.25, -0.2) is 0 Å². The van der Waals surface area contributed by atoms with E-state index in [1.165, 1.54) is 0 Å². The number of nitrogens with zero attached hydrogens (tertiary/aromatic N) is 1. The maximum atomic E-state index is 11.4. The average Bonchev–Trinajstić information content (AvgIpc) is 3.09. The number of hydrogen-bond donors (Lipinski definition) is 2. The zero-order valence-corrected chi connectivity index (χ0v) is 11.5. The Morgan fingerprint density at radius 2 is 2.00 bits per heavy atom. The SMILES string of the molecule is CCN(CC)CC(C)NC(C)(C(=O)O)C1CC1. The smallest absolute Gasteiger partial charge is 0.323 e. The quantitative estimate of drug-likeness (QED) is 0.678. The van der Waals surface area contributed by atoms with E-state index in [-0.39, 0.29) is 6.04 Å². The Balaban J connectivity index is 2.52. The van der Waals surface area contributed by atoms with Gasteiger partial charge in [-0.15, -0.1) is 0 Å². The first kappa shape index (κ1) is 14.5. The summed E-state index contributed by atoms with van der Waals surface area (Å²) in [7, 11) is 0. The van der Waals surface area contributed by atoms with Crippen molar-refractivity contribution in [2.75, 3.05) is 19.6 Å². The van der Waals surface area contributed by atoms with Gasteiger partial charge in [-0.2, -0.15) is 0 Å². The van der Waals surface area contributed by atoms with Crippen LogP contribution in [-0.2, 0) is 4.79 Å². The Bertz CT molecular complexity index is 262. The summed E-state index contributed by atoms with van der Waals surface area (Å²) in [6.07, 6.45) is 2.07. The summed E-state index contributed by atoms with van der Waals surface area (Å²) in [6, 6.07) is 0.205. The second-order valence-corrected chi connectivity index (χ2v) is 5.31. The van der Waals surface area contributed by atoms with Gasteiger partial charge in [-0.1, -0.05) is 13.8 Å². The molecule has 1 aliphatic carbocycles. The van der Waals surface area contributed by atoms with Gasteiger partial charge < -0.3 is 10.0 Å². The molecular weight excluding hydrogens is 216 g/mol. The van der Waals surface area contributed by atoms with Gasteiger partial charge in [0, 0.05) is 12.6 Å². The molecule has 1 fully saturated rings. The van der Waals surface area contributed by atoms with Gasteiger partial charge in [0.15, 0.2) is 0 Å². The van der Waals surface area contributed by atoms with E-state index in [9.17, 15) is 9.90 Å². The first-order chi connectivity index (χ1) is 7.93. The van der Waals surface area contributed by atoms with Crippen LogP contribution in [0.5, 0.6) is 0 Å². The first-order valence-electron chi connectivity index (χ1n) is 6.67. The lowest BCUT2D eigenvalue weighted by atomic mass is 9.95. The molecule has 4 nitrogen and oxygen atoms in total. The highest BCUT2D eigenvalue weighted by molar-refractivity contribution is 5.79. The molecule has 1 aliphatic rings. The summed E-state index contributed by atoms with van der Waals surface area (Å²) in [5.74, 6) is -0.412.